The van der Waals surface area contributed by atoms with Crippen molar-refractivity contribution in [3.63, 3.8) is 0 Å². The summed E-state index contributed by atoms with van der Waals surface area (Å²) < 4.78 is 9.84. The smallest absolute Gasteiger partial charge is 0.330 e. The maximum absolute atomic E-state index is 12.2. The molecular formula is C16H17N2O5-. The van der Waals surface area contributed by atoms with Crippen LogP contribution >= 0.6 is 0 Å². The number of benzene rings is 1. The van der Waals surface area contributed by atoms with Crippen LogP contribution in [0.15, 0.2) is 36.7 Å². The molecule has 1 amide bonds. The zero-order valence-electron chi connectivity index (χ0n) is 13.1. The number of nitrogens with zero attached hydrogens (tertiary/aromatic N) is 2. The zero-order valence-corrected chi connectivity index (χ0v) is 13.1. The van der Waals surface area contributed by atoms with Crippen molar-refractivity contribution in [1.82, 2.24) is 5.06 Å². The molecule has 0 saturated heterocycles. The van der Waals surface area contributed by atoms with Gasteiger partial charge in [0.25, 0.3) is 5.91 Å². The van der Waals surface area contributed by atoms with E-state index in [2.05, 4.69) is 4.74 Å². The molecule has 1 aromatic rings. The van der Waals surface area contributed by atoms with Crippen molar-refractivity contribution >= 4 is 23.6 Å². The van der Waals surface area contributed by atoms with Crippen LogP contribution in [0.4, 0.5) is 5.69 Å². The molecule has 0 N–H and O–H groups in total. The first-order valence-electron chi connectivity index (χ1n) is 6.89. The second-order valence-corrected chi connectivity index (χ2v) is 4.83. The highest BCUT2D eigenvalue weighted by Crippen LogP contribution is 2.32. The number of anilines is 1. The Morgan fingerprint density at radius 2 is 2.04 bits per heavy atom. The van der Waals surface area contributed by atoms with E-state index in [1.54, 1.807) is 24.3 Å². The van der Waals surface area contributed by atoms with Crippen LogP contribution in [0.5, 0.6) is 5.75 Å². The van der Waals surface area contributed by atoms with E-state index in [1.165, 1.54) is 44.5 Å². The zero-order chi connectivity index (χ0) is 17.0. The molecular weight excluding hydrogens is 300 g/mol. The number of hydrogen-bond donors (Lipinski definition) is 0. The van der Waals surface area contributed by atoms with Crippen LogP contribution in [-0.4, -0.2) is 37.2 Å². The number of ether oxygens (including phenoxy) is 2. The lowest BCUT2D eigenvalue weighted by atomic mass is 10.1. The molecule has 1 aliphatic heterocycles. The molecule has 0 saturated carbocycles. The largest absolute Gasteiger partial charge is 0.758 e. The van der Waals surface area contributed by atoms with Gasteiger partial charge in [0.15, 0.2) is 0 Å². The highest BCUT2D eigenvalue weighted by atomic mass is 16.5. The summed E-state index contributed by atoms with van der Waals surface area (Å²) in [6.07, 6.45) is 5.56. The Bertz CT molecular complexity index is 668. The third-order valence-corrected chi connectivity index (χ3v) is 3.42. The lowest BCUT2D eigenvalue weighted by Gasteiger charge is -2.39. The van der Waals surface area contributed by atoms with E-state index < -0.39 is 12.0 Å². The Kier molecular flexibility index (Phi) is 5.02. The maximum Gasteiger partial charge on any atom is 0.330 e. The highest BCUT2D eigenvalue weighted by molar-refractivity contribution is 6.01. The van der Waals surface area contributed by atoms with Crippen molar-refractivity contribution in [2.45, 2.75) is 13.0 Å². The van der Waals surface area contributed by atoms with Crippen LogP contribution in [0, 0.1) is 5.21 Å². The summed E-state index contributed by atoms with van der Waals surface area (Å²) in [5.74, 6) is -0.369. The highest BCUT2D eigenvalue weighted by Gasteiger charge is 2.26. The number of carbonyl (C=O) groups excluding carboxylic acids is 2. The average Bonchev–Trinajstić information content (AvgIpc) is 2.57. The van der Waals surface area contributed by atoms with E-state index in [1.807, 2.05) is 0 Å². The molecule has 0 aromatic heterocycles. The van der Waals surface area contributed by atoms with Crippen LogP contribution < -0.4 is 9.64 Å². The normalized spacial score (nSPS) is 17.7. The summed E-state index contributed by atoms with van der Waals surface area (Å²) >= 11 is 0. The first-order valence-corrected chi connectivity index (χ1v) is 6.89. The number of hydroxylamine groups is 2. The molecule has 0 spiro atoms. The molecule has 1 aliphatic rings. The summed E-state index contributed by atoms with van der Waals surface area (Å²) in [6.45, 7) is 1.53. The predicted octanol–water partition coefficient (Wildman–Crippen LogP) is 1.89. The summed E-state index contributed by atoms with van der Waals surface area (Å²) in [4.78, 5) is 24.7. The lowest BCUT2D eigenvalue weighted by Crippen LogP contribution is -2.44. The molecule has 1 aromatic carbocycles. The second-order valence-electron chi connectivity index (χ2n) is 4.83. The Hall–Kier alpha value is -2.80. The minimum Gasteiger partial charge on any atom is -0.758 e. The van der Waals surface area contributed by atoms with Crippen molar-refractivity contribution in [1.29, 1.82) is 0 Å². The Morgan fingerprint density at radius 1 is 1.30 bits per heavy atom. The van der Waals surface area contributed by atoms with Gasteiger partial charge in [-0.3, -0.25) is 9.69 Å². The number of rotatable bonds is 4. The van der Waals surface area contributed by atoms with Gasteiger partial charge in [0.05, 0.1) is 25.9 Å². The Balaban J connectivity index is 2.33. The first-order chi connectivity index (χ1) is 11.0. The van der Waals surface area contributed by atoms with Gasteiger partial charge in [0.1, 0.15) is 5.75 Å². The van der Waals surface area contributed by atoms with Gasteiger partial charge < -0.3 is 19.7 Å². The van der Waals surface area contributed by atoms with Crippen molar-refractivity contribution in [3.8, 4) is 5.75 Å². The van der Waals surface area contributed by atoms with Gasteiger partial charge in [-0.25, -0.2) is 4.79 Å². The standard InChI is InChI=1S/C16H17N2O5/c1-11-16(20)17(8-9-18(11)21)13-6-4-12(10-14(13)22-2)5-7-15(19)23-3/h4-11H,1-3H3/q-1. The SMILES string of the molecule is COC(=O)C=Cc1ccc(N2C=CN([O-])C(C)C2=O)c(OC)c1. The van der Waals surface area contributed by atoms with Crippen LogP contribution in [0.25, 0.3) is 6.08 Å². The molecule has 0 radical (unpaired) electrons. The van der Waals surface area contributed by atoms with Crippen molar-refractivity contribution in [2.75, 3.05) is 19.1 Å². The molecule has 23 heavy (non-hydrogen) atoms. The van der Waals surface area contributed by atoms with E-state index in [0.29, 0.717) is 22.1 Å². The predicted molar refractivity (Wildman–Crippen MR) is 85.3 cm³/mol. The van der Waals surface area contributed by atoms with Crippen molar-refractivity contribution in [2.24, 2.45) is 0 Å². The Labute approximate surface area is 134 Å². The van der Waals surface area contributed by atoms with Gasteiger partial charge in [-0.05, 0) is 30.7 Å². The van der Waals surface area contributed by atoms with Gasteiger partial charge >= 0.3 is 5.97 Å². The van der Waals surface area contributed by atoms with Crippen LogP contribution in [-0.2, 0) is 14.3 Å². The molecule has 0 fully saturated rings. The van der Waals surface area contributed by atoms with Crippen LogP contribution in [0.3, 0.4) is 0 Å². The second kappa shape index (κ2) is 6.97. The summed E-state index contributed by atoms with van der Waals surface area (Å²) in [5, 5.41) is 12.1. The quantitative estimate of drug-likeness (QED) is 0.623. The maximum atomic E-state index is 12.2. The van der Waals surface area contributed by atoms with E-state index >= 15 is 0 Å². The van der Waals surface area contributed by atoms with E-state index in [9.17, 15) is 14.8 Å². The fourth-order valence-electron chi connectivity index (χ4n) is 2.07. The number of carbonyl (C=O) groups is 2. The summed E-state index contributed by atoms with van der Waals surface area (Å²) in [6, 6.07) is 4.30. The van der Waals surface area contributed by atoms with E-state index in [-0.39, 0.29) is 5.91 Å². The molecule has 1 unspecified atom stereocenters. The first kappa shape index (κ1) is 16.6. The molecule has 122 valence electrons. The molecule has 1 heterocycles. The average molecular weight is 317 g/mol. The Morgan fingerprint density at radius 3 is 2.70 bits per heavy atom. The monoisotopic (exact) mass is 317 g/mol. The minimum absolute atomic E-state index is 0.348. The fourth-order valence-corrected chi connectivity index (χ4v) is 2.07. The lowest BCUT2D eigenvalue weighted by molar-refractivity contribution is -0.134. The van der Waals surface area contributed by atoms with E-state index in [4.69, 9.17) is 4.74 Å². The van der Waals surface area contributed by atoms with Gasteiger partial charge in [0.2, 0.25) is 0 Å². The molecule has 0 bridgehead atoms. The molecule has 0 aliphatic carbocycles. The van der Waals surface area contributed by atoms with Crippen LogP contribution in [0.1, 0.15) is 12.5 Å². The number of amides is 1. The van der Waals surface area contributed by atoms with Gasteiger partial charge in [0, 0.05) is 18.5 Å². The number of methoxy groups -OCH3 is 2. The third kappa shape index (κ3) is 3.51. The van der Waals surface area contributed by atoms with E-state index in [0.717, 1.165) is 0 Å². The van der Waals surface area contributed by atoms with Gasteiger partial charge in [-0.2, -0.15) is 0 Å². The van der Waals surface area contributed by atoms with Crippen molar-refractivity contribution in [3.05, 3.63) is 47.4 Å². The fraction of sp³-hybridized carbons (Fsp3) is 0.250. The molecule has 2 rings (SSSR count). The third-order valence-electron chi connectivity index (χ3n) is 3.42. The molecule has 1 atom stereocenters. The van der Waals surface area contributed by atoms with Crippen LogP contribution in [0.2, 0.25) is 0 Å². The molecule has 7 heteroatoms. The number of esters is 1. The summed E-state index contributed by atoms with van der Waals surface area (Å²) in [5.41, 5.74) is 1.23. The minimum atomic E-state index is -0.802. The van der Waals surface area contributed by atoms with Gasteiger partial charge in [-0.1, -0.05) is 6.07 Å². The van der Waals surface area contributed by atoms with Gasteiger partial charge in [-0.15, -0.1) is 0 Å². The topological polar surface area (TPSA) is 82.1 Å². The number of hydrogen-bond acceptors (Lipinski definition) is 6. The molecule has 7 nitrogen and oxygen atoms in total. The summed E-state index contributed by atoms with van der Waals surface area (Å²) in [7, 11) is 2.78. The van der Waals surface area contributed by atoms with Crippen molar-refractivity contribution < 1.29 is 19.1 Å².